The van der Waals surface area contributed by atoms with Gasteiger partial charge in [-0.3, -0.25) is 4.90 Å². The molecule has 1 rings (SSSR count). The summed E-state index contributed by atoms with van der Waals surface area (Å²) in [6.45, 7) is 6.42. The summed E-state index contributed by atoms with van der Waals surface area (Å²) in [4.78, 5) is 2.60. The number of nitrogens with two attached hydrogens (primary N) is 1. The van der Waals surface area contributed by atoms with E-state index in [1.54, 1.807) is 7.11 Å². The SMILES string of the molecule is CCCCCC(CN)N1CCC(COC)CC1. The molecule has 0 aromatic carbocycles. The van der Waals surface area contributed by atoms with Crippen molar-refractivity contribution in [1.82, 2.24) is 4.90 Å². The van der Waals surface area contributed by atoms with Crippen LogP contribution in [-0.2, 0) is 4.74 Å². The van der Waals surface area contributed by atoms with E-state index in [9.17, 15) is 0 Å². The number of hydrogen-bond acceptors (Lipinski definition) is 3. The van der Waals surface area contributed by atoms with E-state index in [2.05, 4.69) is 11.8 Å². The summed E-state index contributed by atoms with van der Waals surface area (Å²) in [6.07, 6.45) is 7.80. The maximum absolute atomic E-state index is 5.91. The Balaban J connectivity index is 2.24. The molecule has 17 heavy (non-hydrogen) atoms. The first kappa shape index (κ1) is 14.9. The molecule has 0 aliphatic carbocycles. The van der Waals surface area contributed by atoms with Crippen molar-refractivity contribution in [2.45, 2.75) is 51.5 Å². The maximum Gasteiger partial charge on any atom is 0.0491 e. The second kappa shape index (κ2) is 8.90. The first-order valence-electron chi connectivity index (χ1n) is 7.24. The van der Waals surface area contributed by atoms with E-state index in [1.807, 2.05) is 0 Å². The number of nitrogens with zero attached hydrogens (tertiary/aromatic N) is 1. The van der Waals surface area contributed by atoms with Gasteiger partial charge in [-0.2, -0.15) is 0 Å². The molecule has 0 amide bonds. The summed E-state index contributed by atoms with van der Waals surface area (Å²) >= 11 is 0. The van der Waals surface area contributed by atoms with Crippen molar-refractivity contribution < 1.29 is 4.74 Å². The molecule has 1 unspecified atom stereocenters. The molecule has 1 fully saturated rings. The predicted octanol–water partition coefficient (Wildman–Crippen LogP) is 2.25. The molecule has 1 atom stereocenters. The van der Waals surface area contributed by atoms with Gasteiger partial charge in [0.25, 0.3) is 0 Å². The normalized spacial score (nSPS) is 20.6. The van der Waals surface area contributed by atoms with Crippen LogP contribution in [0.4, 0.5) is 0 Å². The van der Waals surface area contributed by atoms with Crippen molar-refractivity contribution >= 4 is 0 Å². The third-order valence-electron chi connectivity index (χ3n) is 3.98. The third-order valence-corrected chi connectivity index (χ3v) is 3.98. The molecule has 0 bridgehead atoms. The second-order valence-corrected chi connectivity index (χ2v) is 5.32. The molecule has 0 aromatic heterocycles. The second-order valence-electron chi connectivity index (χ2n) is 5.32. The first-order valence-corrected chi connectivity index (χ1v) is 7.24. The zero-order valence-electron chi connectivity index (χ0n) is 11.7. The monoisotopic (exact) mass is 242 g/mol. The number of likely N-dealkylation sites (tertiary alicyclic amines) is 1. The summed E-state index contributed by atoms with van der Waals surface area (Å²) in [6, 6.07) is 0.616. The number of methoxy groups -OCH3 is 1. The standard InChI is InChI=1S/C14H30N2O/c1-3-4-5-6-14(11-15)16-9-7-13(8-10-16)12-17-2/h13-14H,3-12,15H2,1-2H3. The van der Waals surface area contributed by atoms with Gasteiger partial charge < -0.3 is 10.5 Å². The van der Waals surface area contributed by atoms with E-state index in [4.69, 9.17) is 10.5 Å². The maximum atomic E-state index is 5.91. The highest BCUT2D eigenvalue weighted by Gasteiger charge is 2.23. The quantitative estimate of drug-likeness (QED) is 0.664. The molecule has 0 radical (unpaired) electrons. The highest BCUT2D eigenvalue weighted by Crippen LogP contribution is 2.20. The van der Waals surface area contributed by atoms with Crippen LogP contribution >= 0.6 is 0 Å². The van der Waals surface area contributed by atoms with E-state index >= 15 is 0 Å². The van der Waals surface area contributed by atoms with Crippen LogP contribution in [-0.4, -0.2) is 44.3 Å². The van der Waals surface area contributed by atoms with Gasteiger partial charge in [0.15, 0.2) is 0 Å². The van der Waals surface area contributed by atoms with Gasteiger partial charge in [-0.15, -0.1) is 0 Å². The lowest BCUT2D eigenvalue weighted by molar-refractivity contribution is 0.0783. The van der Waals surface area contributed by atoms with E-state index in [-0.39, 0.29) is 0 Å². The van der Waals surface area contributed by atoms with Gasteiger partial charge >= 0.3 is 0 Å². The average molecular weight is 242 g/mol. The molecule has 0 saturated carbocycles. The van der Waals surface area contributed by atoms with Crippen molar-refractivity contribution in [3.63, 3.8) is 0 Å². The fourth-order valence-corrected chi connectivity index (χ4v) is 2.80. The summed E-state index contributed by atoms with van der Waals surface area (Å²) in [5.41, 5.74) is 5.91. The number of unbranched alkanes of at least 4 members (excludes halogenated alkanes) is 2. The van der Waals surface area contributed by atoms with Crippen LogP contribution in [0.1, 0.15) is 45.4 Å². The van der Waals surface area contributed by atoms with Gasteiger partial charge in [0.2, 0.25) is 0 Å². The van der Waals surface area contributed by atoms with Crippen LogP contribution in [0.3, 0.4) is 0 Å². The van der Waals surface area contributed by atoms with E-state index in [0.29, 0.717) is 6.04 Å². The molecule has 1 aliphatic rings. The van der Waals surface area contributed by atoms with Crippen molar-refractivity contribution in [3.05, 3.63) is 0 Å². The largest absolute Gasteiger partial charge is 0.384 e. The molecule has 1 saturated heterocycles. The third kappa shape index (κ3) is 5.36. The fraction of sp³-hybridized carbons (Fsp3) is 1.00. The summed E-state index contributed by atoms with van der Waals surface area (Å²) < 4.78 is 5.24. The van der Waals surface area contributed by atoms with Crippen LogP contribution in [0.25, 0.3) is 0 Å². The highest BCUT2D eigenvalue weighted by molar-refractivity contribution is 4.79. The van der Waals surface area contributed by atoms with Gasteiger partial charge in [-0.1, -0.05) is 26.2 Å². The lowest BCUT2D eigenvalue weighted by Gasteiger charge is -2.37. The topological polar surface area (TPSA) is 38.5 Å². The zero-order valence-corrected chi connectivity index (χ0v) is 11.7. The van der Waals surface area contributed by atoms with Crippen LogP contribution < -0.4 is 5.73 Å². The van der Waals surface area contributed by atoms with Crippen molar-refractivity contribution in [2.24, 2.45) is 11.7 Å². The molecule has 0 spiro atoms. The minimum atomic E-state index is 0.616. The minimum absolute atomic E-state index is 0.616. The Bertz CT molecular complexity index is 179. The van der Waals surface area contributed by atoms with Gasteiger partial charge in [-0.05, 0) is 38.3 Å². The summed E-state index contributed by atoms with van der Waals surface area (Å²) in [5, 5.41) is 0. The Hall–Kier alpha value is -0.120. The van der Waals surface area contributed by atoms with Gasteiger partial charge in [0.1, 0.15) is 0 Å². The first-order chi connectivity index (χ1) is 8.31. The van der Waals surface area contributed by atoms with Crippen molar-refractivity contribution in [2.75, 3.05) is 33.4 Å². The van der Waals surface area contributed by atoms with Gasteiger partial charge in [0.05, 0.1) is 0 Å². The Morgan fingerprint density at radius 2 is 2.00 bits per heavy atom. The molecule has 2 N–H and O–H groups in total. The van der Waals surface area contributed by atoms with Crippen LogP contribution in [0.2, 0.25) is 0 Å². The summed E-state index contributed by atoms with van der Waals surface area (Å²) in [5.74, 6) is 0.769. The lowest BCUT2D eigenvalue weighted by Crippen LogP contribution is -2.45. The van der Waals surface area contributed by atoms with Crippen LogP contribution in [0, 0.1) is 5.92 Å². The Morgan fingerprint density at radius 1 is 1.29 bits per heavy atom. The number of hydrogen-bond donors (Lipinski definition) is 1. The molecule has 1 aliphatic heterocycles. The van der Waals surface area contributed by atoms with Crippen LogP contribution in [0.15, 0.2) is 0 Å². The smallest absolute Gasteiger partial charge is 0.0491 e. The average Bonchev–Trinajstić information content (AvgIpc) is 2.36. The molecule has 3 nitrogen and oxygen atoms in total. The molecular weight excluding hydrogens is 212 g/mol. The molecule has 1 heterocycles. The molecule has 102 valence electrons. The number of ether oxygens (including phenoxy) is 1. The fourth-order valence-electron chi connectivity index (χ4n) is 2.80. The molecule has 3 heteroatoms. The predicted molar refractivity (Wildman–Crippen MR) is 73.2 cm³/mol. The van der Waals surface area contributed by atoms with E-state index in [0.717, 1.165) is 19.1 Å². The van der Waals surface area contributed by atoms with Crippen LogP contribution in [0.5, 0.6) is 0 Å². The highest BCUT2D eigenvalue weighted by atomic mass is 16.5. The molecular formula is C14H30N2O. The number of rotatable bonds is 8. The Morgan fingerprint density at radius 3 is 2.53 bits per heavy atom. The number of piperidine rings is 1. The van der Waals surface area contributed by atoms with Gasteiger partial charge in [0, 0.05) is 26.3 Å². The van der Waals surface area contributed by atoms with Crippen molar-refractivity contribution in [1.29, 1.82) is 0 Å². The molecule has 0 aromatic rings. The lowest BCUT2D eigenvalue weighted by atomic mass is 9.95. The summed E-state index contributed by atoms with van der Waals surface area (Å²) in [7, 11) is 1.81. The van der Waals surface area contributed by atoms with E-state index < -0.39 is 0 Å². The minimum Gasteiger partial charge on any atom is -0.384 e. The van der Waals surface area contributed by atoms with Gasteiger partial charge in [-0.25, -0.2) is 0 Å². The van der Waals surface area contributed by atoms with E-state index in [1.165, 1.54) is 51.6 Å². The zero-order chi connectivity index (χ0) is 12.5. The Kier molecular flexibility index (Phi) is 7.82. The Labute approximate surface area is 107 Å². The van der Waals surface area contributed by atoms with Crippen molar-refractivity contribution in [3.8, 4) is 0 Å².